The van der Waals surface area contributed by atoms with Crippen molar-refractivity contribution >= 4 is 17.0 Å². The molecule has 1 aliphatic rings. The number of nitrogens with one attached hydrogen (secondary N) is 1. The Morgan fingerprint density at radius 3 is 3.08 bits per heavy atom. The summed E-state index contributed by atoms with van der Waals surface area (Å²) in [5.41, 5.74) is 2.95. The molecule has 1 aromatic carbocycles. The second kappa shape index (κ2) is 6.47. The minimum Gasteiger partial charge on any atom is -0.497 e. The number of hydrogen-bond acceptors (Lipinski definition) is 5. The largest absolute Gasteiger partial charge is 0.497 e. The first-order valence-electron chi connectivity index (χ1n) is 8.42. The van der Waals surface area contributed by atoms with E-state index in [4.69, 9.17) is 9.72 Å². The molecule has 0 fully saturated rings. The Bertz CT molecular complexity index is 858. The lowest BCUT2D eigenvalue weighted by Crippen LogP contribution is -2.04. The Balaban J connectivity index is 1.62. The molecule has 4 rings (SSSR count). The molecule has 1 aliphatic heterocycles. The summed E-state index contributed by atoms with van der Waals surface area (Å²) < 4.78 is 7.53. The molecule has 6 nitrogen and oxygen atoms in total. The molecule has 0 radical (unpaired) electrons. The van der Waals surface area contributed by atoms with Gasteiger partial charge in [-0.2, -0.15) is 0 Å². The van der Waals surface area contributed by atoms with E-state index in [0.717, 1.165) is 47.1 Å². The Labute approximate surface area is 140 Å². The third kappa shape index (κ3) is 2.79. The lowest BCUT2D eigenvalue weighted by molar-refractivity contribution is 0.414. The predicted octanol–water partition coefficient (Wildman–Crippen LogP) is 3.17. The van der Waals surface area contributed by atoms with Gasteiger partial charge in [-0.05, 0) is 30.5 Å². The lowest BCUT2D eigenvalue weighted by atomic mass is 10.2. The van der Waals surface area contributed by atoms with Gasteiger partial charge in [-0.25, -0.2) is 15.0 Å². The standard InChI is InChI=1S/C18H21N5O/c1-24-14-7-5-6-13(10-14)11-19-17-16-18(21-12-20-17)23-9-4-2-3-8-15(23)22-16/h5-7,10,12H,2-4,8-9,11H2,1H3,(H,19,20,21). The first-order chi connectivity index (χ1) is 11.8. The predicted molar refractivity (Wildman–Crippen MR) is 93.2 cm³/mol. The normalized spacial score (nSPS) is 14.2. The van der Waals surface area contributed by atoms with Crippen LogP contribution in [0.15, 0.2) is 30.6 Å². The van der Waals surface area contributed by atoms with E-state index in [9.17, 15) is 0 Å². The maximum atomic E-state index is 5.27. The van der Waals surface area contributed by atoms with Gasteiger partial charge in [0, 0.05) is 19.5 Å². The molecule has 1 N–H and O–H groups in total. The molecule has 3 heterocycles. The Morgan fingerprint density at radius 1 is 1.21 bits per heavy atom. The van der Waals surface area contributed by atoms with E-state index in [1.54, 1.807) is 13.4 Å². The van der Waals surface area contributed by atoms with Crippen LogP contribution in [0.1, 0.15) is 30.7 Å². The molecule has 0 aliphatic carbocycles. The summed E-state index contributed by atoms with van der Waals surface area (Å²) in [4.78, 5) is 13.7. The molecule has 0 bridgehead atoms. The zero-order valence-electron chi connectivity index (χ0n) is 13.8. The smallest absolute Gasteiger partial charge is 0.165 e. The van der Waals surface area contributed by atoms with Crippen LogP contribution in [0.2, 0.25) is 0 Å². The molecule has 0 atom stereocenters. The van der Waals surface area contributed by atoms with Gasteiger partial charge in [0.2, 0.25) is 0 Å². The highest BCUT2D eigenvalue weighted by Crippen LogP contribution is 2.24. The van der Waals surface area contributed by atoms with Crippen LogP contribution in [0.4, 0.5) is 5.82 Å². The molecule has 0 saturated carbocycles. The molecule has 0 amide bonds. The third-order valence-corrected chi connectivity index (χ3v) is 4.49. The number of methoxy groups -OCH3 is 1. The van der Waals surface area contributed by atoms with Gasteiger partial charge in [0.1, 0.15) is 17.9 Å². The molecule has 124 valence electrons. The number of anilines is 1. The maximum absolute atomic E-state index is 5.27. The first-order valence-corrected chi connectivity index (χ1v) is 8.42. The molecule has 0 unspecified atom stereocenters. The van der Waals surface area contributed by atoms with Gasteiger partial charge in [0.15, 0.2) is 17.0 Å². The SMILES string of the molecule is COc1cccc(CNc2ncnc3c2nc2n3CCCCC2)c1. The maximum Gasteiger partial charge on any atom is 0.165 e. The highest BCUT2D eigenvalue weighted by molar-refractivity contribution is 5.83. The number of aromatic nitrogens is 4. The van der Waals surface area contributed by atoms with E-state index in [-0.39, 0.29) is 0 Å². The number of nitrogens with zero attached hydrogens (tertiary/aromatic N) is 4. The third-order valence-electron chi connectivity index (χ3n) is 4.49. The molecular weight excluding hydrogens is 302 g/mol. The molecule has 0 saturated heterocycles. The summed E-state index contributed by atoms with van der Waals surface area (Å²) in [6.07, 6.45) is 6.29. The zero-order chi connectivity index (χ0) is 16.4. The summed E-state index contributed by atoms with van der Waals surface area (Å²) in [5, 5.41) is 3.40. The fraction of sp³-hybridized carbons (Fsp3) is 0.389. The van der Waals surface area contributed by atoms with E-state index in [1.165, 1.54) is 19.3 Å². The van der Waals surface area contributed by atoms with Crippen LogP contribution >= 0.6 is 0 Å². The van der Waals surface area contributed by atoms with Crippen LogP contribution in [-0.2, 0) is 19.5 Å². The molecule has 24 heavy (non-hydrogen) atoms. The van der Waals surface area contributed by atoms with E-state index in [2.05, 4.69) is 25.9 Å². The molecular formula is C18H21N5O. The fourth-order valence-corrected chi connectivity index (χ4v) is 3.23. The van der Waals surface area contributed by atoms with Crippen LogP contribution in [0.25, 0.3) is 11.2 Å². The van der Waals surface area contributed by atoms with Gasteiger partial charge >= 0.3 is 0 Å². The summed E-state index contributed by atoms with van der Waals surface area (Å²) in [6.45, 7) is 1.67. The number of imidazole rings is 1. The van der Waals surface area contributed by atoms with Gasteiger partial charge in [-0.15, -0.1) is 0 Å². The molecule has 6 heteroatoms. The van der Waals surface area contributed by atoms with Crippen molar-refractivity contribution in [1.82, 2.24) is 19.5 Å². The van der Waals surface area contributed by atoms with Crippen molar-refractivity contribution in [3.05, 3.63) is 42.0 Å². The van der Waals surface area contributed by atoms with E-state index in [1.807, 2.05) is 18.2 Å². The average Bonchev–Trinajstić information content (AvgIpc) is 2.82. The van der Waals surface area contributed by atoms with Crippen molar-refractivity contribution < 1.29 is 4.74 Å². The average molecular weight is 323 g/mol. The Hall–Kier alpha value is -2.63. The highest BCUT2D eigenvalue weighted by Gasteiger charge is 2.17. The Morgan fingerprint density at radius 2 is 2.17 bits per heavy atom. The topological polar surface area (TPSA) is 64.9 Å². The van der Waals surface area contributed by atoms with Gasteiger partial charge in [-0.1, -0.05) is 18.6 Å². The number of ether oxygens (including phenoxy) is 1. The van der Waals surface area contributed by atoms with Crippen LogP contribution in [0.3, 0.4) is 0 Å². The molecule has 2 aromatic heterocycles. The summed E-state index contributed by atoms with van der Waals surface area (Å²) in [6, 6.07) is 8.02. The van der Waals surface area contributed by atoms with Gasteiger partial charge < -0.3 is 14.6 Å². The summed E-state index contributed by atoms with van der Waals surface area (Å²) in [5.74, 6) is 2.78. The lowest BCUT2D eigenvalue weighted by Gasteiger charge is -2.08. The van der Waals surface area contributed by atoms with Gasteiger partial charge in [0.25, 0.3) is 0 Å². The number of benzene rings is 1. The first kappa shape index (κ1) is 14.9. The van der Waals surface area contributed by atoms with Crippen molar-refractivity contribution in [2.24, 2.45) is 0 Å². The van der Waals surface area contributed by atoms with E-state index >= 15 is 0 Å². The quantitative estimate of drug-likeness (QED) is 0.799. The second-order valence-electron chi connectivity index (χ2n) is 6.09. The second-order valence-corrected chi connectivity index (χ2v) is 6.09. The minimum atomic E-state index is 0.672. The number of aryl methyl sites for hydroxylation is 2. The zero-order valence-corrected chi connectivity index (χ0v) is 13.8. The van der Waals surface area contributed by atoms with Crippen LogP contribution < -0.4 is 10.1 Å². The Kier molecular flexibility index (Phi) is 4.02. The van der Waals surface area contributed by atoms with Gasteiger partial charge in [0.05, 0.1) is 7.11 Å². The van der Waals surface area contributed by atoms with E-state index in [0.29, 0.717) is 6.54 Å². The summed E-state index contributed by atoms with van der Waals surface area (Å²) >= 11 is 0. The van der Waals surface area contributed by atoms with Crippen molar-refractivity contribution in [1.29, 1.82) is 0 Å². The van der Waals surface area contributed by atoms with Crippen molar-refractivity contribution in [3.8, 4) is 5.75 Å². The monoisotopic (exact) mass is 323 g/mol. The van der Waals surface area contributed by atoms with Crippen molar-refractivity contribution in [3.63, 3.8) is 0 Å². The summed E-state index contributed by atoms with van der Waals surface area (Å²) in [7, 11) is 1.68. The van der Waals surface area contributed by atoms with Gasteiger partial charge in [-0.3, -0.25) is 0 Å². The number of hydrogen-bond donors (Lipinski definition) is 1. The molecule has 0 spiro atoms. The number of rotatable bonds is 4. The van der Waals surface area contributed by atoms with Crippen LogP contribution in [0, 0.1) is 0 Å². The van der Waals surface area contributed by atoms with Crippen molar-refractivity contribution in [2.75, 3.05) is 12.4 Å². The van der Waals surface area contributed by atoms with E-state index < -0.39 is 0 Å². The minimum absolute atomic E-state index is 0.672. The van der Waals surface area contributed by atoms with Crippen molar-refractivity contribution in [2.45, 2.75) is 38.8 Å². The van der Waals surface area contributed by atoms with Crippen LogP contribution in [0.5, 0.6) is 5.75 Å². The molecule has 3 aromatic rings. The fourth-order valence-electron chi connectivity index (χ4n) is 3.23. The highest BCUT2D eigenvalue weighted by atomic mass is 16.5. The number of fused-ring (bicyclic) bond motifs is 3. The van der Waals surface area contributed by atoms with Crippen LogP contribution in [-0.4, -0.2) is 26.6 Å².